The van der Waals surface area contributed by atoms with Gasteiger partial charge in [0.05, 0.1) is 17.3 Å². The van der Waals surface area contributed by atoms with Gasteiger partial charge >= 0.3 is 0 Å². The smallest absolute Gasteiger partial charge is 0.201 e. The maximum atomic E-state index is 13.4. The molecule has 0 amide bonds. The predicted octanol–water partition coefficient (Wildman–Crippen LogP) is 1.65. The molecule has 7 heteroatoms. The number of nitrogens with two attached hydrogens (primary N) is 1. The molecule has 0 aliphatic rings. The minimum Gasteiger partial charge on any atom is -0.383 e. The van der Waals surface area contributed by atoms with Crippen LogP contribution in [0, 0.1) is 17.5 Å². The van der Waals surface area contributed by atoms with Crippen molar-refractivity contribution in [1.29, 1.82) is 0 Å². The number of nitrogen functional groups attached to an aromatic ring is 1. The Balaban J connectivity index is 2.54. The molecule has 1 aromatic carbocycles. The highest BCUT2D eigenvalue weighted by atomic mass is 19.2. The van der Waals surface area contributed by atoms with Gasteiger partial charge in [-0.15, -0.1) is 0 Å². The zero-order valence-electron chi connectivity index (χ0n) is 9.25. The van der Waals surface area contributed by atoms with Gasteiger partial charge < -0.3 is 5.73 Å². The Morgan fingerprint density at radius 3 is 2.44 bits per heavy atom. The van der Waals surface area contributed by atoms with Crippen molar-refractivity contribution in [2.24, 2.45) is 7.05 Å². The monoisotopic (exact) mass is 255 g/mol. The lowest BCUT2D eigenvalue weighted by Crippen LogP contribution is -2.09. The zero-order chi connectivity index (χ0) is 13.4. The van der Waals surface area contributed by atoms with E-state index in [1.165, 1.54) is 11.7 Å². The molecule has 0 aliphatic carbocycles. The second-order valence-corrected chi connectivity index (χ2v) is 3.62. The van der Waals surface area contributed by atoms with Crippen LogP contribution in [0.5, 0.6) is 0 Å². The Labute approximate surface area is 99.8 Å². The highest BCUT2D eigenvalue weighted by Crippen LogP contribution is 2.20. The number of carbonyl (C=O) groups is 1. The second kappa shape index (κ2) is 4.17. The lowest BCUT2D eigenvalue weighted by Gasteiger charge is -2.03. The molecule has 0 unspecified atom stereocenters. The van der Waals surface area contributed by atoms with E-state index in [0.29, 0.717) is 6.07 Å². The van der Waals surface area contributed by atoms with E-state index in [1.807, 2.05) is 0 Å². The summed E-state index contributed by atoms with van der Waals surface area (Å²) in [5, 5.41) is 3.71. The van der Waals surface area contributed by atoms with Crippen molar-refractivity contribution in [1.82, 2.24) is 9.78 Å². The summed E-state index contributed by atoms with van der Waals surface area (Å²) in [7, 11) is 1.49. The highest BCUT2D eigenvalue weighted by Gasteiger charge is 2.22. The lowest BCUT2D eigenvalue weighted by atomic mass is 10.0. The van der Waals surface area contributed by atoms with Crippen molar-refractivity contribution >= 4 is 11.6 Å². The molecule has 0 bridgehead atoms. The van der Waals surface area contributed by atoms with E-state index in [-0.39, 0.29) is 11.4 Å². The van der Waals surface area contributed by atoms with E-state index in [1.54, 1.807) is 0 Å². The molecule has 18 heavy (non-hydrogen) atoms. The third-order valence-electron chi connectivity index (χ3n) is 2.51. The summed E-state index contributed by atoms with van der Waals surface area (Å²) in [4.78, 5) is 11.9. The van der Waals surface area contributed by atoms with E-state index in [9.17, 15) is 18.0 Å². The number of aryl methyl sites for hydroxylation is 1. The maximum absolute atomic E-state index is 13.4. The van der Waals surface area contributed by atoms with Gasteiger partial charge in [-0.2, -0.15) is 5.10 Å². The fourth-order valence-corrected chi connectivity index (χ4v) is 1.47. The quantitative estimate of drug-likeness (QED) is 0.655. The number of hydrogen-bond donors (Lipinski definition) is 1. The normalized spacial score (nSPS) is 10.7. The van der Waals surface area contributed by atoms with E-state index < -0.39 is 28.8 Å². The molecule has 1 heterocycles. The Morgan fingerprint density at radius 2 is 1.89 bits per heavy atom. The fourth-order valence-electron chi connectivity index (χ4n) is 1.47. The first-order chi connectivity index (χ1) is 8.43. The molecule has 0 saturated carbocycles. The van der Waals surface area contributed by atoms with Crippen molar-refractivity contribution in [3.05, 3.63) is 46.9 Å². The second-order valence-electron chi connectivity index (χ2n) is 3.62. The molecule has 1 aromatic heterocycles. The van der Waals surface area contributed by atoms with Crippen molar-refractivity contribution in [2.75, 3.05) is 5.73 Å². The van der Waals surface area contributed by atoms with Gasteiger partial charge in [0.25, 0.3) is 0 Å². The zero-order valence-corrected chi connectivity index (χ0v) is 9.25. The number of carbonyl (C=O) groups excluding carboxylic acids is 1. The van der Waals surface area contributed by atoms with Crippen LogP contribution in [-0.4, -0.2) is 15.6 Å². The Bertz CT molecular complexity index is 637. The number of benzene rings is 1. The molecule has 0 saturated heterocycles. The molecule has 94 valence electrons. The molecule has 0 spiro atoms. The third kappa shape index (κ3) is 1.73. The van der Waals surface area contributed by atoms with Gasteiger partial charge in [0.15, 0.2) is 17.5 Å². The van der Waals surface area contributed by atoms with E-state index in [4.69, 9.17) is 5.73 Å². The number of nitrogens with zero attached hydrogens (tertiary/aromatic N) is 2. The highest BCUT2D eigenvalue weighted by molar-refractivity contribution is 6.11. The first-order valence-electron chi connectivity index (χ1n) is 4.89. The maximum Gasteiger partial charge on any atom is 0.201 e. The number of hydrogen-bond acceptors (Lipinski definition) is 3. The molecule has 0 atom stereocenters. The van der Waals surface area contributed by atoms with Crippen LogP contribution in [-0.2, 0) is 7.05 Å². The summed E-state index contributed by atoms with van der Waals surface area (Å²) in [5.41, 5.74) is 4.89. The van der Waals surface area contributed by atoms with Crippen LogP contribution in [0.15, 0.2) is 18.3 Å². The van der Waals surface area contributed by atoms with Gasteiger partial charge in [0.2, 0.25) is 5.78 Å². The largest absolute Gasteiger partial charge is 0.383 e. The molecule has 0 aliphatic heterocycles. The van der Waals surface area contributed by atoms with Gasteiger partial charge in [0, 0.05) is 7.05 Å². The summed E-state index contributed by atoms with van der Waals surface area (Å²) in [5.74, 6) is -5.42. The van der Waals surface area contributed by atoms with Gasteiger partial charge in [-0.3, -0.25) is 9.48 Å². The minimum absolute atomic E-state index is 0.0177. The van der Waals surface area contributed by atoms with Crippen LogP contribution in [0.25, 0.3) is 0 Å². The summed E-state index contributed by atoms with van der Waals surface area (Å²) in [6, 6.07) is 1.54. The lowest BCUT2D eigenvalue weighted by molar-refractivity contribution is 0.103. The minimum atomic E-state index is -1.69. The fraction of sp³-hybridized carbons (Fsp3) is 0.0909. The predicted molar refractivity (Wildman–Crippen MR) is 57.4 cm³/mol. The number of ketones is 1. The van der Waals surface area contributed by atoms with E-state index in [2.05, 4.69) is 5.10 Å². The molecule has 0 radical (unpaired) electrons. The van der Waals surface area contributed by atoms with Crippen molar-refractivity contribution in [3.8, 4) is 0 Å². The Morgan fingerprint density at radius 1 is 1.22 bits per heavy atom. The summed E-state index contributed by atoms with van der Waals surface area (Å²) in [6.45, 7) is 0. The van der Waals surface area contributed by atoms with Crippen LogP contribution in [0.3, 0.4) is 0 Å². The van der Waals surface area contributed by atoms with E-state index in [0.717, 1.165) is 12.3 Å². The van der Waals surface area contributed by atoms with Crippen molar-refractivity contribution in [3.63, 3.8) is 0 Å². The van der Waals surface area contributed by atoms with Gasteiger partial charge in [-0.05, 0) is 12.1 Å². The topological polar surface area (TPSA) is 60.9 Å². The van der Waals surface area contributed by atoms with Crippen LogP contribution >= 0.6 is 0 Å². The van der Waals surface area contributed by atoms with E-state index >= 15 is 0 Å². The molecule has 4 nitrogen and oxygen atoms in total. The molecular formula is C11H8F3N3O. The first kappa shape index (κ1) is 12.2. The molecule has 2 aromatic rings. The molecule has 2 rings (SSSR count). The number of rotatable bonds is 2. The number of anilines is 1. The first-order valence-corrected chi connectivity index (χ1v) is 4.89. The molecule has 2 N–H and O–H groups in total. The van der Waals surface area contributed by atoms with Crippen molar-refractivity contribution < 1.29 is 18.0 Å². The molecule has 0 fully saturated rings. The molecular weight excluding hydrogens is 247 g/mol. The van der Waals surface area contributed by atoms with Crippen LogP contribution in [0.1, 0.15) is 15.9 Å². The Kier molecular flexibility index (Phi) is 2.82. The third-order valence-corrected chi connectivity index (χ3v) is 2.51. The van der Waals surface area contributed by atoms with Gasteiger partial charge in [-0.1, -0.05) is 0 Å². The van der Waals surface area contributed by atoms with Crippen LogP contribution in [0.2, 0.25) is 0 Å². The number of halogens is 3. The van der Waals surface area contributed by atoms with Gasteiger partial charge in [-0.25, -0.2) is 13.2 Å². The summed E-state index contributed by atoms with van der Waals surface area (Å²) < 4.78 is 40.4. The van der Waals surface area contributed by atoms with Crippen molar-refractivity contribution in [2.45, 2.75) is 0 Å². The Hall–Kier alpha value is -2.31. The average Bonchev–Trinajstić information content (AvgIpc) is 2.67. The van der Waals surface area contributed by atoms with Crippen LogP contribution < -0.4 is 5.73 Å². The van der Waals surface area contributed by atoms with Crippen LogP contribution in [0.4, 0.5) is 19.0 Å². The average molecular weight is 255 g/mol. The standard InChI is InChI=1S/C11H8F3N3O/c1-17-11(15)6(4-16-17)10(18)5-2-3-7(12)9(14)8(5)13/h2-4H,15H2,1H3. The number of aromatic nitrogens is 2. The SMILES string of the molecule is Cn1ncc(C(=O)c2ccc(F)c(F)c2F)c1N. The summed E-state index contributed by atoms with van der Waals surface area (Å²) >= 11 is 0. The van der Waals surface area contributed by atoms with Gasteiger partial charge in [0.1, 0.15) is 5.82 Å². The summed E-state index contributed by atoms with van der Waals surface area (Å²) in [6.07, 6.45) is 1.14.